The van der Waals surface area contributed by atoms with Gasteiger partial charge in [-0.2, -0.15) is 5.10 Å². The first-order valence-electron chi connectivity index (χ1n) is 6.44. The van der Waals surface area contributed by atoms with Crippen LogP contribution in [0.25, 0.3) is 11.3 Å². The van der Waals surface area contributed by atoms with Crippen molar-refractivity contribution in [2.45, 2.75) is 33.2 Å². The molecule has 0 aliphatic rings. The van der Waals surface area contributed by atoms with Gasteiger partial charge in [0.1, 0.15) is 0 Å². The zero-order valence-electron chi connectivity index (χ0n) is 11.4. The fourth-order valence-electron chi connectivity index (χ4n) is 2.03. The number of carboxylic acids is 1. The summed E-state index contributed by atoms with van der Waals surface area (Å²) in [7, 11) is 0. The maximum atomic E-state index is 11.0. The van der Waals surface area contributed by atoms with E-state index in [0.717, 1.165) is 11.3 Å². The number of nitrogens with zero attached hydrogens (tertiary/aromatic N) is 2. The molecule has 4 nitrogen and oxygen atoms in total. The summed E-state index contributed by atoms with van der Waals surface area (Å²) in [6, 6.07) is 9.81. The second-order valence-electron chi connectivity index (χ2n) is 4.81. The summed E-state index contributed by atoms with van der Waals surface area (Å²) in [5, 5.41) is 13.1. The number of carboxylic acid groups (broad SMARTS) is 1. The van der Waals surface area contributed by atoms with E-state index in [1.165, 1.54) is 5.56 Å². The molecule has 1 heterocycles. The van der Waals surface area contributed by atoms with Gasteiger partial charge in [0.15, 0.2) is 5.69 Å². The Morgan fingerprint density at radius 3 is 2.42 bits per heavy atom. The Morgan fingerprint density at radius 2 is 1.95 bits per heavy atom. The van der Waals surface area contributed by atoms with E-state index in [1.54, 1.807) is 10.7 Å². The number of rotatable bonds is 4. The molecular weight excluding hydrogens is 240 g/mol. The third kappa shape index (κ3) is 2.67. The normalized spacial score (nSPS) is 10.9. The molecule has 4 heteroatoms. The minimum absolute atomic E-state index is 0.0878. The Labute approximate surface area is 112 Å². The summed E-state index contributed by atoms with van der Waals surface area (Å²) in [5.41, 5.74) is 3.19. The van der Waals surface area contributed by atoms with Crippen molar-refractivity contribution in [3.8, 4) is 11.3 Å². The van der Waals surface area contributed by atoms with Gasteiger partial charge in [0.2, 0.25) is 0 Å². The minimum Gasteiger partial charge on any atom is -0.476 e. The molecule has 0 unspecified atom stereocenters. The van der Waals surface area contributed by atoms with Gasteiger partial charge in [-0.05, 0) is 30.0 Å². The number of aromatic nitrogens is 2. The number of carbonyl (C=O) groups is 1. The molecule has 100 valence electrons. The van der Waals surface area contributed by atoms with Crippen LogP contribution in [0.3, 0.4) is 0 Å². The Balaban J connectivity index is 2.43. The van der Waals surface area contributed by atoms with E-state index in [2.05, 4.69) is 31.1 Å². The van der Waals surface area contributed by atoms with Crippen LogP contribution in [-0.4, -0.2) is 20.9 Å². The molecule has 1 N–H and O–H groups in total. The monoisotopic (exact) mass is 258 g/mol. The lowest BCUT2D eigenvalue weighted by molar-refractivity contribution is 0.0689. The van der Waals surface area contributed by atoms with Crippen LogP contribution in [0.1, 0.15) is 42.7 Å². The van der Waals surface area contributed by atoms with Gasteiger partial charge in [-0.1, -0.05) is 38.1 Å². The van der Waals surface area contributed by atoms with Gasteiger partial charge in [0, 0.05) is 6.54 Å². The van der Waals surface area contributed by atoms with Gasteiger partial charge in [-0.15, -0.1) is 0 Å². The van der Waals surface area contributed by atoms with E-state index in [9.17, 15) is 4.79 Å². The highest BCUT2D eigenvalue weighted by Gasteiger charge is 2.13. The Morgan fingerprint density at radius 1 is 1.32 bits per heavy atom. The van der Waals surface area contributed by atoms with Crippen molar-refractivity contribution in [3.05, 3.63) is 41.6 Å². The van der Waals surface area contributed by atoms with Crippen LogP contribution < -0.4 is 0 Å². The molecule has 1 aromatic carbocycles. The summed E-state index contributed by atoms with van der Waals surface area (Å²) in [6.07, 6.45) is 0. The predicted octanol–water partition coefficient (Wildman–Crippen LogP) is 3.39. The van der Waals surface area contributed by atoms with E-state index in [1.807, 2.05) is 19.1 Å². The summed E-state index contributed by atoms with van der Waals surface area (Å²) in [5.74, 6) is -0.507. The largest absolute Gasteiger partial charge is 0.476 e. The van der Waals surface area contributed by atoms with Crippen molar-refractivity contribution in [1.82, 2.24) is 9.78 Å². The quantitative estimate of drug-likeness (QED) is 0.914. The van der Waals surface area contributed by atoms with Crippen LogP contribution in [0.15, 0.2) is 30.3 Å². The molecule has 0 aliphatic carbocycles. The van der Waals surface area contributed by atoms with Crippen molar-refractivity contribution in [3.63, 3.8) is 0 Å². The summed E-state index contributed by atoms with van der Waals surface area (Å²) >= 11 is 0. The number of aromatic carboxylic acids is 1. The second kappa shape index (κ2) is 5.26. The standard InChI is InChI=1S/C15H18N2O2/c1-4-17-14(9-13(16-17)15(18)19)12-7-5-11(6-8-12)10(2)3/h5-10H,4H2,1-3H3,(H,18,19). The van der Waals surface area contributed by atoms with E-state index >= 15 is 0 Å². The van der Waals surface area contributed by atoms with E-state index in [-0.39, 0.29) is 5.69 Å². The van der Waals surface area contributed by atoms with Gasteiger partial charge in [0.25, 0.3) is 0 Å². The molecule has 0 saturated carbocycles. The minimum atomic E-state index is -0.993. The first-order valence-corrected chi connectivity index (χ1v) is 6.44. The molecular formula is C15H18N2O2. The van der Waals surface area contributed by atoms with Crippen molar-refractivity contribution in [2.75, 3.05) is 0 Å². The maximum Gasteiger partial charge on any atom is 0.356 e. The second-order valence-corrected chi connectivity index (χ2v) is 4.81. The first kappa shape index (κ1) is 13.3. The van der Waals surface area contributed by atoms with Crippen molar-refractivity contribution >= 4 is 5.97 Å². The zero-order chi connectivity index (χ0) is 14.0. The van der Waals surface area contributed by atoms with E-state index in [0.29, 0.717) is 12.5 Å². The lowest BCUT2D eigenvalue weighted by atomic mass is 10.0. The lowest BCUT2D eigenvalue weighted by Crippen LogP contribution is -2.02. The van der Waals surface area contributed by atoms with Gasteiger partial charge in [0.05, 0.1) is 5.69 Å². The van der Waals surface area contributed by atoms with Gasteiger partial charge in [-0.25, -0.2) is 4.79 Å². The number of hydrogen-bond donors (Lipinski definition) is 1. The molecule has 0 saturated heterocycles. The van der Waals surface area contributed by atoms with E-state index in [4.69, 9.17) is 5.11 Å². The molecule has 0 spiro atoms. The van der Waals surface area contributed by atoms with Gasteiger partial charge in [-0.3, -0.25) is 4.68 Å². The van der Waals surface area contributed by atoms with Crippen LogP contribution in [0.2, 0.25) is 0 Å². The maximum absolute atomic E-state index is 11.0. The predicted molar refractivity (Wildman–Crippen MR) is 74.4 cm³/mol. The molecule has 2 rings (SSSR count). The summed E-state index contributed by atoms with van der Waals surface area (Å²) < 4.78 is 1.72. The molecule has 0 aliphatic heterocycles. The van der Waals surface area contributed by atoms with Crippen LogP contribution in [0, 0.1) is 0 Å². The fraction of sp³-hybridized carbons (Fsp3) is 0.333. The third-order valence-electron chi connectivity index (χ3n) is 3.17. The lowest BCUT2D eigenvalue weighted by Gasteiger charge is -2.08. The summed E-state index contributed by atoms with van der Waals surface area (Å²) in [6.45, 7) is 6.89. The highest BCUT2D eigenvalue weighted by Crippen LogP contribution is 2.23. The van der Waals surface area contributed by atoms with Crippen LogP contribution in [0.4, 0.5) is 0 Å². The average Bonchev–Trinajstić information content (AvgIpc) is 2.83. The van der Waals surface area contributed by atoms with Crippen LogP contribution in [-0.2, 0) is 6.54 Å². The number of aryl methyl sites for hydroxylation is 1. The molecule has 0 bridgehead atoms. The molecule has 19 heavy (non-hydrogen) atoms. The number of hydrogen-bond acceptors (Lipinski definition) is 2. The molecule has 0 radical (unpaired) electrons. The number of benzene rings is 1. The highest BCUT2D eigenvalue weighted by molar-refractivity contribution is 5.87. The highest BCUT2D eigenvalue weighted by atomic mass is 16.4. The Bertz CT molecular complexity index is 583. The fourth-order valence-corrected chi connectivity index (χ4v) is 2.03. The smallest absolute Gasteiger partial charge is 0.356 e. The van der Waals surface area contributed by atoms with Crippen molar-refractivity contribution in [1.29, 1.82) is 0 Å². The topological polar surface area (TPSA) is 55.1 Å². The molecule has 0 amide bonds. The SMILES string of the molecule is CCn1nc(C(=O)O)cc1-c1ccc(C(C)C)cc1. The average molecular weight is 258 g/mol. The molecule has 0 fully saturated rings. The molecule has 0 atom stereocenters. The third-order valence-corrected chi connectivity index (χ3v) is 3.17. The van der Waals surface area contributed by atoms with Crippen LogP contribution in [0.5, 0.6) is 0 Å². The van der Waals surface area contributed by atoms with Gasteiger partial charge >= 0.3 is 5.97 Å². The zero-order valence-corrected chi connectivity index (χ0v) is 11.4. The van der Waals surface area contributed by atoms with Crippen LogP contribution >= 0.6 is 0 Å². The Kier molecular flexibility index (Phi) is 3.69. The van der Waals surface area contributed by atoms with E-state index < -0.39 is 5.97 Å². The summed E-state index contributed by atoms with van der Waals surface area (Å²) in [4.78, 5) is 11.0. The van der Waals surface area contributed by atoms with Gasteiger partial charge < -0.3 is 5.11 Å². The first-order chi connectivity index (χ1) is 9.02. The van der Waals surface area contributed by atoms with Crippen molar-refractivity contribution < 1.29 is 9.90 Å². The molecule has 1 aromatic heterocycles. The Hall–Kier alpha value is -2.10. The van der Waals surface area contributed by atoms with Crippen molar-refractivity contribution in [2.24, 2.45) is 0 Å². The molecule has 2 aromatic rings.